The average molecular weight is 772 g/mol. The molecule has 6 nitrogen and oxygen atoms in total. The number of aromatic nitrogens is 4. The van der Waals surface area contributed by atoms with Gasteiger partial charge in [-0.05, 0) is 41.6 Å². The fraction of sp³-hybridized carbons (Fsp3) is 0.0816. The molecule has 0 N–H and O–H groups in total. The van der Waals surface area contributed by atoms with Crippen molar-refractivity contribution in [3.05, 3.63) is 169 Å². The van der Waals surface area contributed by atoms with Crippen LogP contribution in [-0.2, 0) is 0 Å². The zero-order valence-corrected chi connectivity index (χ0v) is 33.5. The number of hydrogen-bond donors (Lipinski definition) is 0. The fourth-order valence-electron chi connectivity index (χ4n) is 8.42. The van der Waals surface area contributed by atoms with Gasteiger partial charge in [-0.1, -0.05) is 147 Å². The third-order valence-electron chi connectivity index (χ3n) is 11.0. The lowest BCUT2D eigenvalue weighted by atomic mass is 10.1. The van der Waals surface area contributed by atoms with Gasteiger partial charge in [-0.15, -0.1) is 11.3 Å². The normalized spacial score (nSPS) is 14.2. The van der Waals surface area contributed by atoms with Crippen molar-refractivity contribution < 1.29 is 4.74 Å². The van der Waals surface area contributed by atoms with Crippen molar-refractivity contribution >= 4 is 78.0 Å². The summed E-state index contributed by atoms with van der Waals surface area (Å²) in [6, 6.07) is 57.7. The molecular formula is C49H37N5OSSi. The van der Waals surface area contributed by atoms with Gasteiger partial charge in [-0.25, -0.2) is 4.98 Å². The van der Waals surface area contributed by atoms with E-state index in [-0.39, 0.29) is 6.23 Å². The molecule has 0 saturated carbocycles. The Morgan fingerprint density at radius 2 is 1.30 bits per heavy atom. The summed E-state index contributed by atoms with van der Waals surface area (Å²) in [5.41, 5.74) is 7.30. The van der Waals surface area contributed by atoms with E-state index in [4.69, 9.17) is 19.7 Å². The van der Waals surface area contributed by atoms with Gasteiger partial charge in [-0.3, -0.25) is 9.47 Å². The molecule has 0 aliphatic carbocycles. The topological polar surface area (TPSA) is 56.1 Å². The monoisotopic (exact) mass is 771 g/mol. The van der Waals surface area contributed by atoms with Crippen molar-refractivity contribution in [2.75, 3.05) is 4.90 Å². The smallest absolute Gasteiger partial charge is 0.238 e. The zero-order chi connectivity index (χ0) is 38.3. The van der Waals surface area contributed by atoms with Crippen LogP contribution in [0.1, 0.15) is 11.8 Å². The summed E-state index contributed by atoms with van der Waals surface area (Å²) in [5, 5.41) is 6.05. The number of ether oxygens (including phenoxy) is 1. The Labute approximate surface area is 335 Å². The van der Waals surface area contributed by atoms with Crippen molar-refractivity contribution in [3.8, 4) is 34.5 Å². The maximum atomic E-state index is 6.67. The van der Waals surface area contributed by atoms with Gasteiger partial charge in [0.25, 0.3) is 0 Å². The van der Waals surface area contributed by atoms with Crippen LogP contribution in [0.3, 0.4) is 0 Å². The van der Waals surface area contributed by atoms with Gasteiger partial charge in [-0.2, -0.15) is 9.97 Å². The van der Waals surface area contributed by atoms with Crippen LogP contribution in [0.2, 0.25) is 19.6 Å². The van der Waals surface area contributed by atoms with Gasteiger partial charge in [0.2, 0.25) is 12.2 Å². The first-order valence-electron chi connectivity index (χ1n) is 19.3. The molecule has 57 heavy (non-hydrogen) atoms. The number of hydrogen-bond acceptors (Lipinski definition) is 6. The van der Waals surface area contributed by atoms with Crippen molar-refractivity contribution in [1.29, 1.82) is 0 Å². The molecule has 1 aliphatic rings. The minimum absolute atomic E-state index is 0.311. The van der Waals surface area contributed by atoms with Crippen LogP contribution >= 0.6 is 11.3 Å². The van der Waals surface area contributed by atoms with Crippen molar-refractivity contribution in [2.45, 2.75) is 25.9 Å². The number of rotatable bonds is 6. The van der Waals surface area contributed by atoms with E-state index < -0.39 is 8.07 Å². The lowest BCUT2D eigenvalue weighted by Gasteiger charge is -2.26. The molecule has 0 fully saturated rings. The molecule has 0 bridgehead atoms. The minimum Gasteiger partial charge on any atom is -0.464 e. The summed E-state index contributed by atoms with van der Waals surface area (Å²) >= 11 is 1.82. The molecule has 8 heteroatoms. The zero-order valence-electron chi connectivity index (χ0n) is 31.7. The minimum atomic E-state index is -1.78. The van der Waals surface area contributed by atoms with Gasteiger partial charge in [0.15, 0.2) is 11.6 Å². The SMILES string of the molecule is C[Si](C)(C)c1ccccc1-c1nc(-c2ccccc2)nc(-n2c3ccc(N4c5ccccc5OC4c4ccccc4)cc3c3ccc4c5ccccc5sc4c32)n1. The summed E-state index contributed by atoms with van der Waals surface area (Å²) in [6.45, 7) is 7.13. The third kappa shape index (κ3) is 5.47. The van der Waals surface area contributed by atoms with Gasteiger partial charge < -0.3 is 4.74 Å². The van der Waals surface area contributed by atoms with E-state index in [1.165, 1.54) is 25.4 Å². The highest BCUT2D eigenvalue weighted by Gasteiger charge is 2.34. The molecule has 10 aromatic rings. The Morgan fingerprint density at radius 3 is 2.14 bits per heavy atom. The number of fused-ring (bicyclic) bond motifs is 8. The number of thiophene rings is 1. The standard InChI is InChI=1S/C49H37N5OSSi/c1-57(2,3)43-25-15-11-21-37(43)47-50-46(31-16-6-4-7-17-31)51-49(52-47)54-39-29-26-33(53-40-22-12-13-23-41(40)55-48(53)32-18-8-5-9-19-32)30-38(39)35-27-28-36-34-20-10-14-24-42(34)56-45(36)44(35)54/h4-30,48H,1-3H3. The van der Waals surface area contributed by atoms with Gasteiger partial charge >= 0.3 is 0 Å². The van der Waals surface area contributed by atoms with Crippen LogP contribution < -0.4 is 14.8 Å². The van der Waals surface area contributed by atoms with Crippen LogP contribution in [0, 0.1) is 0 Å². The highest BCUT2D eigenvalue weighted by Crippen LogP contribution is 2.49. The maximum Gasteiger partial charge on any atom is 0.238 e. The van der Waals surface area contributed by atoms with Crippen LogP contribution in [-0.4, -0.2) is 27.6 Å². The molecule has 0 radical (unpaired) electrons. The lowest BCUT2D eigenvalue weighted by molar-refractivity contribution is 0.240. The molecule has 274 valence electrons. The van der Waals surface area contributed by atoms with Gasteiger partial charge in [0.05, 0.1) is 29.5 Å². The average Bonchev–Trinajstić information content (AvgIpc) is 3.93. The quantitative estimate of drug-likeness (QED) is 0.158. The van der Waals surface area contributed by atoms with Crippen molar-refractivity contribution in [3.63, 3.8) is 0 Å². The predicted molar refractivity (Wildman–Crippen MR) is 239 cm³/mol. The third-order valence-corrected chi connectivity index (χ3v) is 14.3. The first-order valence-corrected chi connectivity index (χ1v) is 23.6. The Balaban J connectivity index is 1.22. The highest BCUT2D eigenvalue weighted by atomic mass is 32.1. The predicted octanol–water partition coefficient (Wildman–Crippen LogP) is 12.4. The highest BCUT2D eigenvalue weighted by molar-refractivity contribution is 7.26. The summed E-state index contributed by atoms with van der Waals surface area (Å²) in [5.74, 6) is 2.79. The Morgan fingerprint density at radius 1 is 0.596 bits per heavy atom. The Bertz CT molecular complexity index is 3170. The second-order valence-corrected chi connectivity index (χ2v) is 21.7. The molecule has 1 aliphatic heterocycles. The van der Waals surface area contributed by atoms with Crippen LogP contribution in [0.4, 0.5) is 11.4 Å². The molecule has 3 aromatic heterocycles. The lowest BCUT2D eigenvalue weighted by Crippen LogP contribution is -2.39. The molecule has 0 saturated heterocycles. The first kappa shape index (κ1) is 33.7. The van der Waals surface area contributed by atoms with E-state index in [0.717, 1.165) is 55.6 Å². The molecule has 1 atom stereocenters. The second-order valence-electron chi connectivity index (χ2n) is 15.6. The molecule has 0 amide bonds. The second kappa shape index (κ2) is 13.0. The number of anilines is 2. The molecule has 0 spiro atoms. The molecule has 11 rings (SSSR count). The van der Waals surface area contributed by atoms with Gasteiger partial charge in [0, 0.05) is 48.6 Å². The van der Waals surface area contributed by atoms with Gasteiger partial charge in [0.1, 0.15) is 5.75 Å². The summed E-state index contributed by atoms with van der Waals surface area (Å²) in [6.07, 6.45) is -0.311. The number of nitrogens with zero attached hydrogens (tertiary/aromatic N) is 5. The summed E-state index contributed by atoms with van der Waals surface area (Å²) in [4.78, 5) is 18.3. The van der Waals surface area contributed by atoms with E-state index >= 15 is 0 Å². The fourth-order valence-corrected chi connectivity index (χ4v) is 11.3. The van der Waals surface area contributed by atoms with Crippen LogP contribution in [0.15, 0.2) is 164 Å². The first-order chi connectivity index (χ1) is 27.9. The van der Waals surface area contributed by atoms with E-state index in [0.29, 0.717) is 17.6 Å². The summed E-state index contributed by atoms with van der Waals surface area (Å²) < 4.78 is 11.4. The Kier molecular flexibility index (Phi) is 7.67. The van der Waals surface area contributed by atoms with Crippen molar-refractivity contribution in [2.24, 2.45) is 0 Å². The Hall–Kier alpha value is -6.61. The van der Waals surface area contributed by atoms with E-state index in [1.807, 2.05) is 41.7 Å². The largest absolute Gasteiger partial charge is 0.464 e. The van der Waals surface area contributed by atoms with E-state index in [1.54, 1.807) is 0 Å². The summed E-state index contributed by atoms with van der Waals surface area (Å²) in [7, 11) is -1.78. The maximum absolute atomic E-state index is 6.67. The molecule has 1 unspecified atom stereocenters. The van der Waals surface area contributed by atoms with Crippen LogP contribution in [0.5, 0.6) is 5.75 Å². The van der Waals surface area contributed by atoms with E-state index in [2.05, 4.69) is 163 Å². The van der Waals surface area contributed by atoms with Crippen molar-refractivity contribution in [1.82, 2.24) is 19.5 Å². The van der Waals surface area contributed by atoms with Crippen LogP contribution in [0.25, 0.3) is 70.7 Å². The number of benzene rings is 7. The van der Waals surface area contributed by atoms with E-state index in [9.17, 15) is 0 Å². The molecule has 7 aromatic carbocycles. The molecular weight excluding hydrogens is 735 g/mol. The molecule has 4 heterocycles. The number of para-hydroxylation sites is 2.